The quantitative estimate of drug-likeness (QED) is 0.884. The number of nitrogens with one attached hydrogen (secondary N) is 1. The maximum atomic E-state index is 12.0. The molecule has 0 bridgehead atoms. The molecule has 1 unspecified atom stereocenters. The smallest absolute Gasteiger partial charge is 0.321 e. The Morgan fingerprint density at radius 2 is 1.90 bits per heavy atom. The second-order valence-electron chi connectivity index (χ2n) is 5.19. The summed E-state index contributed by atoms with van der Waals surface area (Å²) in [5.41, 5.74) is 0.539. The fourth-order valence-electron chi connectivity index (χ4n) is 2.02. The normalized spacial score (nSPS) is 16.6. The molecular weight excluding hydrogens is 278 g/mol. The summed E-state index contributed by atoms with van der Waals surface area (Å²) in [6, 6.07) is 5.79. The van der Waals surface area contributed by atoms with Crippen LogP contribution in [-0.4, -0.2) is 32.4 Å². The molecule has 1 aliphatic rings. The van der Waals surface area contributed by atoms with E-state index in [9.17, 15) is 13.2 Å². The lowest BCUT2D eigenvalue weighted by atomic mass is 10.2. The minimum atomic E-state index is -3.70. The van der Waals surface area contributed by atoms with Crippen molar-refractivity contribution in [3.05, 3.63) is 24.3 Å². The third-order valence-electron chi connectivity index (χ3n) is 3.67. The molecular formula is C13H19N3O3S. The number of primary sulfonamides is 1. The topological polar surface area (TPSA) is 92.5 Å². The van der Waals surface area contributed by atoms with Crippen LogP contribution < -0.4 is 10.5 Å². The number of carbonyl (C=O) groups excluding carboxylic acids is 1. The van der Waals surface area contributed by atoms with Crippen LogP contribution in [0, 0.1) is 5.92 Å². The number of benzene rings is 1. The Balaban J connectivity index is 2.00. The Morgan fingerprint density at radius 3 is 2.35 bits per heavy atom. The average molecular weight is 297 g/mol. The van der Waals surface area contributed by atoms with Gasteiger partial charge in [-0.2, -0.15) is 0 Å². The molecule has 1 saturated carbocycles. The first-order chi connectivity index (χ1) is 9.29. The molecule has 7 heteroatoms. The summed E-state index contributed by atoms with van der Waals surface area (Å²) >= 11 is 0. The number of amides is 2. The van der Waals surface area contributed by atoms with E-state index in [1.165, 1.54) is 37.1 Å². The van der Waals surface area contributed by atoms with Crippen molar-refractivity contribution in [3.8, 4) is 0 Å². The Kier molecular flexibility index (Phi) is 4.01. The lowest BCUT2D eigenvalue weighted by Gasteiger charge is -2.25. The summed E-state index contributed by atoms with van der Waals surface area (Å²) in [5, 5.41) is 7.75. The average Bonchev–Trinajstić information content (AvgIpc) is 3.20. The van der Waals surface area contributed by atoms with Gasteiger partial charge in [0.05, 0.1) is 4.90 Å². The zero-order chi connectivity index (χ0) is 14.9. The molecule has 0 spiro atoms. The SMILES string of the molecule is CC(C1CC1)N(C)C(=O)Nc1ccc(S(N)(=O)=O)cc1. The molecule has 0 aliphatic heterocycles. The van der Waals surface area contributed by atoms with Crippen LogP contribution in [0.2, 0.25) is 0 Å². The van der Waals surface area contributed by atoms with Gasteiger partial charge in [-0.15, -0.1) is 0 Å². The van der Waals surface area contributed by atoms with Crippen LogP contribution in [0.25, 0.3) is 0 Å². The number of hydrogen-bond donors (Lipinski definition) is 2. The van der Waals surface area contributed by atoms with E-state index in [1.54, 1.807) is 11.9 Å². The molecule has 1 atom stereocenters. The third kappa shape index (κ3) is 3.49. The highest BCUT2D eigenvalue weighted by atomic mass is 32.2. The van der Waals surface area contributed by atoms with Crippen LogP contribution in [0.3, 0.4) is 0 Å². The molecule has 0 radical (unpaired) electrons. The van der Waals surface area contributed by atoms with Crippen molar-refractivity contribution in [2.24, 2.45) is 11.1 Å². The van der Waals surface area contributed by atoms with E-state index >= 15 is 0 Å². The highest BCUT2D eigenvalue weighted by Crippen LogP contribution is 2.34. The van der Waals surface area contributed by atoms with Crippen LogP contribution in [0.15, 0.2) is 29.2 Å². The maximum absolute atomic E-state index is 12.0. The summed E-state index contributed by atoms with van der Waals surface area (Å²) in [5.74, 6) is 0.593. The van der Waals surface area contributed by atoms with E-state index < -0.39 is 10.0 Å². The largest absolute Gasteiger partial charge is 0.325 e. The van der Waals surface area contributed by atoms with E-state index in [1.807, 2.05) is 6.92 Å². The fraction of sp³-hybridized carbons (Fsp3) is 0.462. The van der Waals surface area contributed by atoms with Gasteiger partial charge in [-0.1, -0.05) is 0 Å². The van der Waals surface area contributed by atoms with Crippen molar-refractivity contribution in [2.45, 2.75) is 30.7 Å². The number of nitrogens with zero attached hydrogens (tertiary/aromatic N) is 1. The van der Waals surface area contributed by atoms with Gasteiger partial charge in [-0.05, 0) is 49.9 Å². The monoisotopic (exact) mass is 297 g/mol. The number of sulfonamides is 1. The summed E-state index contributed by atoms with van der Waals surface area (Å²) in [6.45, 7) is 2.03. The highest BCUT2D eigenvalue weighted by molar-refractivity contribution is 7.89. The molecule has 2 rings (SSSR count). The number of urea groups is 1. The fourth-order valence-corrected chi connectivity index (χ4v) is 2.53. The van der Waals surface area contributed by atoms with Crippen LogP contribution in [0.5, 0.6) is 0 Å². The van der Waals surface area contributed by atoms with Gasteiger partial charge in [0.15, 0.2) is 0 Å². The Labute approximate surface area is 119 Å². The summed E-state index contributed by atoms with van der Waals surface area (Å²) in [6.07, 6.45) is 2.34. The van der Waals surface area contributed by atoms with Gasteiger partial charge in [-0.3, -0.25) is 0 Å². The third-order valence-corrected chi connectivity index (χ3v) is 4.60. The van der Waals surface area contributed by atoms with Crippen molar-refractivity contribution >= 4 is 21.7 Å². The number of anilines is 1. The van der Waals surface area contributed by atoms with Crippen molar-refractivity contribution in [1.29, 1.82) is 0 Å². The van der Waals surface area contributed by atoms with Gasteiger partial charge in [-0.25, -0.2) is 18.4 Å². The summed E-state index contributed by atoms with van der Waals surface area (Å²) < 4.78 is 22.3. The first kappa shape index (κ1) is 14.8. The van der Waals surface area contributed by atoms with Crippen molar-refractivity contribution in [3.63, 3.8) is 0 Å². The molecule has 6 nitrogen and oxygen atoms in total. The molecule has 1 aliphatic carbocycles. The van der Waals surface area contributed by atoms with Crippen LogP contribution in [0.1, 0.15) is 19.8 Å². The number of rotatable bonds is 4. The van der Waals surface area contributed by atoms with Crippen molar-refractivity contribution in [1.82, 2.24) is 4.90 Å². The number of carbonyl (C=O) groups is 1. The second-order valence-corrected chi connectivity index (χ2v) is 6.75. The van der Waals surface area contributed by atoms with E-state index in [4.69, 9.17) is 5.14 Å². The van der Waals surface area contributed by atoms with Gasteiger partial charge in [0.25, 0.3) is 0 Å². The second kappa shape index (κ2) is 5.41. The Morgan fingerprint density at radius 1 is 1.35 bits per heavy atom. The van der Waals surface area contributed by atoms with E-state index in [2.05, 4.69) is 5.32 Å². The standard InChI is InChI=1S/C13H19N3O3S/c1-9(10-3-4-10)16(2)13(17)15-11-5-7-12(8-6-11)20(14,18)19/h5-10H,3-4H2,1-2H3,(H,15,17)(H2,14,18,19). The highest BCUT2D eigenvalue weighted by Gasteiger charge is 2.32. The molecule has 0 heterocycles. The van der Waals surface area contributed by atoms with Gasteiger partial charge in [0, 0.05) is 18.8 Å². The van der Waals surface area contributed by atoms with E-state index in [0.717, 1.165) is 0 Å². The molecule has 110 valence electrons. The molecule has 0 aromatic heterocycles. The molecule has 1 aromatic carbocycles. The predicted molar refractivity (Wildman–Crippen MR) is 76.8 cm³/mol. The number of hydrogen-bond acceptors (Lipinski definition) is 3. The lowest BCUT2D eigenvalue weighted by Crippen LogP contribution is -2.39. The van der Waals surface area contributed by atoms with Crippen LogP contribution in [0.4, 0.5) is 10.5 Å². The first-order valence-corrected chi connectivity index (χ1v) is 8.00. The van der Waals surface area contributed by atoms with Crippen LogP contribution >= 0.6 is 0 Å². The summed E-state index contributed by atoms with van der Waals surface area (Å²) in [4.78, 5) is 13.7. The Bertz CT molecular complexity index is 594. The van der Waals surface area contributed by atoms with Gasteiger partial charge < -0.3 is 10.2 Å². The lowest BCUT2D eigenvalue weighted by molar-refractivity contribution is 0.201. The summed E-state index contributed by atoms with van der Waals surface area (Å²) in [7, 11) is -1.94. The Hall–Kier alpha value is -1.60. The first-order valence-electron chi connectivity index (χ1n) is 6.45. The minimum Gasteiger partial charge on any atom is -0.325 e. The van der Waals surface area contributed by atoms with Gasteiger partial charge in [0.2, 0.25) is 10.0 Å². The van der Waals surface area contributed by atoms with Crippen LogP contribution in [-0.2, 0) is 10.0 Å². The molecule has 2 amide bonds. The molecule has 20 heavy (non-hydrogen) atoms. The van der Waals surface area contributed by atoms with Crippen molar-refractivity contribution < 1.29 is 13.2 Å². The van der Waals surface area contributed by atoms with Gasteiger partial charge >= 0.3 is 6.03 Å². The molecule has 1 aromatic rings. The maximum Gasteiger partial charge on any atom is 0.321 e. The zero-order valence-corrected chi connectivity index (χ0v) is 12.4. The zero-order valence-electron chi connectivity index (χ0n) is 11.5. The predicted octanol–water partition coefficient (Wildman–Crippen LogP) is 1.60. The molecule has 0 saturated heterocycles. The molecule has 1 fully saturated rings. The molecule has 3 N–H and O–H groups in total. The van der Waals surface area contributed by atoms with E-state index in [0.29, 0.717) is 11.6 Å². The van der Waals surface area contributed by atoms with Crippen molar-refractivity contribution in [2.75, 3.05) is 12.4 Å². The van der Waals surface area contributed by atoms with Gasteiger partial charge in [0.1, 0.15) is 0 Å². The van der Waals surface area contributed by atoms with E-state index in [-0.39, 0.29) is 17.0 Å². The number of nitrogens with two attached hydrogens (primary N) is 1. The minimum absolute atomic E-state index is 0.0233.